The minimum absolute atomic E-state index is 0.140. The molecule has 0 saturated heterocycles. The highest BCUT2D eigenvalue weighted by Crippen LogP contribution is 2.42. The molecule has 0 N–H and O–H groups in total. The zero-order valence-electron chi connectivity index (χ0n) is 22.7. The van der Waals surface area contributed by atoms with Gasteiger partial charge in [0.05, 0.1) is 13.2 Å². The van der Waals surface area contributed by atoms with E-state index in [9.17, 15) is 9.59 Å². The molecule has 0 aliphatic heterocycles. The van der Waals surface area contributed by atoms with Crippen LogP contribution in [0, 0.1) is 0 Å². The molecule has 38 heavy (non-hydrogen) atoms. The van der Waals surface area contributed by atoms with Gasteiger partial charge in [-0.1, -0.05) is 62.4 Å². The van der Waals surface area contributed by atoms with Crippen LogP contribution in [-0.2, 0) is 28.5 Å². The molecule has 0 heterocycles. The summed E-state index contributed by atoms with van der Waals surface area (Å²) in [7, 11) is 0. The molecule has 3 rings (SSSR count). The summed E-state index contributed by atoms with van der Waals surface area (Å²) in [6, 6.07) is 15.6. The van der Waals surface area contributed by atoms with Gasteiger partial charge in [0.25, 0.3) is 0 Å². The number of ether oxygens (including phenoxy) is 6. The Morgan fingerprint density at radius 3 is 1.24 bits per heavy atom. The lowest BCUT2D eigenvalue weighted by atomic mass is 10.0. The monoisotopic (exact) mass is 526 g/mol. The van der Waals surface area contributed by atoms with Gasteiger partial charge < -0.3 is 28.4 Å². The first-order chi connectivity index (χ1) is 18.4. The fourth-order valence-electron chi connectivity index (χ4n) is 4.13. The standard InChI is InChI=1S/C30H38O8/c1-5-15-33-17-23(37-21(3)31)19-35-29-25-11-7-9-13-27(25)30(28-14-10-8-12-26(28)29)36-20-24(38-22(4)32)18-34-16-6-2/h7-14,23-24H,5-6,15-20H2,1-4H3. The summed E-state index contributed by atoms with van der Waals surface area (Å²) in [5, 5.41) is 3.40. The van der Waals surface area contributed by atoms with E-state index in [1.807, 2.05) is 62.4 Å². The topological polar surface area (TPSA) is 89.5 Å². The normalized spacial score (nSPS) is 12.7. The molecule has 0 aromatic heterocycles. The first-order valence-electron chi connectivity index (χ1n) is 13.1. The van der Waals surface area contributed by atoms with Crippen molar-refractivity contribution < 1.29 is 38.0 Å². The summed E-state index contributed by atoms with van der Waals surface area (Å²) in [5.41, 5.74) is 0. The van der Waals surface area contributed by atoms with Gasteiger partial charge in [-0.2, -0.15) is 0 Å². The Labute approximate surface area is 224 Å². The van der Waals surface area contributed by atoms with Crippen LogP contribution in [0.2, 0.25) is 0 Å². The SMILES string of the molecule is CCCOCC(COc1c2ccccc2c(OCC(COCCC)OC(C)=O)c2ccccc12)OC(C)=O. The summed E-state index contributed by atoms with van der Waals surface area (Å²) in [5.74, 6) is 0.558. The zero-order chi connectivity index (χ0) is 27.3. The van der Waals surface area contributed by atoms with Crippen LogP contribution in [0.25, 0.3) is 21.5 Å². The lowest BCUT2D eigenvalue weighted by Gasteiger charge is -2.22. The lowest BCUT2D eigenvalue weighted by Crippen LogP contribution is -2.29. The molecule has 3 aromatic carbocycles. The van der Waals surface area contributed by atoms with Crippen molar-refractivity contribution in [2.24, 2.45) is 0 Å². The van der Waals surface area contributed by atoms with Crippen molar-refractivity contribution in [2.75, 3.05) is 39.6 Å². The number of rotatable bonds is 16. The second-order valence-corrected chi connectivity index (χ2v) is 8.98. The number of carbonyl (C=O) groups excluding carboxylic acids is 2. The maximum absolute atomic E-state index is 11.7. The van der Waals surface area contributed by atoms with Gasteiger partial charge in [0.2, 0.25) is 0 Å². The first kappa shape index (κ1) is 29.2. The highest BCUT2D eigenvalue weighted by Gasteiger charge is 2.21. The van der Waals surface area contributed by atoms with Gasteiger partial charge in [0.1, 0.15) is 24.7 Å². The molecule has 0 aliphatic rings. The summed E-state index contributed by atoms with van der Waals surface area (Å²) in [4.78, 5) is 23.3. The van der Waals surface area contributed by atoms with Gasteiger partial charge in [-0.15, -0.1) is 0 Å². The Hall–Kier alpha value is -3.36. The van der Waals surface area contributed by atoms with Gasteiger partial charge in [-0.25, -0.2) is 0 Å². The summed E-state index contributed by atoms with van der Waals surface area (Å²) in [6.45, 7) is 8.73. The summed E-state index contributed by atoms with van der Waals surface area (Å²) in [6.07, 6.45) is 0.654. The molecule has 2 atom stereocenters. The molecule has 0 saturated carbocycles. The minimum Gasteiger partial charge on any atom is -0.488 e. The molecule has 8 heteroatoms. The van der Waals surface area contributed by atoms with Crippen LogP contribution in [0.5, 0.6) is 11.5 Å². The highest BCUT2D eigenvalue weighted by molar-refractivity contribution is 6.11. The fourth-order valence-corrected chi connectivity index (χ4v) is 4.13. The number of hydrogen-bond donors (Lipinski definition) is 0. The van der Waals surface area contributed by atoms with Crippen molar-refractivity contribution in [3.8, 4) is 11.5 Å². The van der Waals surface area contributed by atoms with E-state index in [1.165, 1.54) is 13.8 Å². The van der Waals surface area contributed by atoms with Crippen LogP contribution in [0.3, 0.4) is 0 Å². The summed E-state index contributed by atoms with van der Waals surface area (Å²) < 4.78 is 34.8. The van der Waals surface area contributed by atoms with Crippen LogP contribution < -0.4 is 9.47 Å². The van der Waals surface area contributed by atoms with Crippen molar-refractivity contribution in [1.82, 2.24) is 0 Å². The number of esters is 2. The number of fused-ring (bicyclic) bond motifs is 2. The van der Waals surface area contributed by atoms with Crippen molar-refractivity contribution in [1.29, 1.82) is 0 Å². The average molecular weight is 527 g/mol. The van der Waals surface area contributed by atoms with Gasteiger partial charge in [-0.3, -0.25) is 9.59 Å². The maximum Gasteiger partial charge on any atom is 0.303 e. The van der Waals surface area contributed by atoms with Crippen molar-refractivity contribution in [3.05, 3.63) is 48.5 Å². The third kappa shape index (κ3) is 8.33. The molecule has 0 bridgehead atoms. The van der Waals surface area contributed by atoms with Crippen LogP contribution in [-0.4, -0.2) is 63.8 Å². The number of hydrogen-bond acceptors (Lipinski definition) is 8. The molecule has 0 radical (unpaired) electrons. The van der Waals surface area contributed by atoms with Gasteiger partial charge in [-0.05, 0) is 12.8 Å². The minimum atomic E-state index is -0.542. The second kappa shape index (κ2) is 15.1. The lowest BCUT2D eigenvalue weighted by molar-refractivity contribution is -0.152. The molecule has 0 amide bonds. The summed E-state index contributed by atoms with van der Waals surface area (Å²) >= 11 is 0. The van der Waals surface area contributed by atoms with E-state index in [1.54, 1.807) is 0 Å². The molecule has 0 fully saturated rings. The third-order valence-corrected chi connectivity index (χ3v) is 5.63. The van der Waals surface area contributed by atoms with Crippen molar-refractivity contribution in [3.63, 3.8) is 0 Å². The van der Waals surface area contributed by atoms with E-state index in [4.69, 9.17) is 28.4 Å². The smallest absolute Gasteiger partial charge is 0.303 e. The fraction of sp³-hybridized carbons (Fsp3) is 0.467. The first-order valence-corrected chi connectivity index (χ1v) is 13.1. The second-order valence-electron chi connectivity index (χ2n) is 8.98. The van der Waals surface area contributed by atoms with Gasteiger partial charge >= 0.3 is 11.9 Å². The average Bonchev–Trinajstić information content (AvgIpc) is 2.89. The predicted octanol–water partition coefficient (Wildman–Crippen LogP) is 5.47. The third-order valence-electron chi connectivity index (χ3n) is 5.63. The molecule has 206 valence electrons. The van der Waals surface area contributed by atoms with Crippen molar-refractivity contribution >= 4 is 33.5 Å². The van der Waals surface area contributed by atoms with Crippen LogP contribution in [0.15, 0.2) is 48.5 Å². The molecule has 2 unspecified atom stereocenters. The molecular weight excluding hydrogens is 488 g/mol. The van der Waals surface area contributed by atoms with Crippen LogP contribution in [0.1, 0.15) is 40.5 Å². The predicted molar refractivity (Wildman–Crippen MR) is 146 cm³/mol. The van der Waals surface area contributed by atoms with E-state index < -0.39 is 12.2 Å². The van der Waals surface area contributed by atoms with E-state index in [0.29, 0.717) is 24.7 Å². The number of carbonyl (C=O) groups is 2. The Morgan fingerprint density at radius 1 is 0.605 bits per heavy atom. The molecule has 3 aromatic rings. The van der Waals surface area contributed by atoms with Gasteiger partial charge in [0, 0.05) is 48.6 Å². The highest BCUT2D eigenvalue weighted by atomic mass is 16.6. The molecule has 0 aliphatic carbocycles. The van der Waals surface area contributed by atoms with E-state index in [-0.39, 0.29) is 38.4 Å². The zero-order valence-corrected chi connectivity index (χ0v) is 22.7. The molecule has 8 nitrogen and oxygen atoms in total. The van der Waals surface area contributed by atoms with E-state index in [0.717, 1.165) is 34.4 Å². The van der Waals surface area contributed by atoms with Crippen LogP contribution in [0.4, 0.5) is 0 Å². The molecular formula is C30H38O8. The van der Waals surface area contributed by atoms with Gasteiger partial charge in [0.15, 0.2) is 12.2 Å². The Bertz CT molecular complexity index is 1040. The number of benzene rings is 3. The molecule has 0 spiro atoms. The van der Waals surface area contributed by atoms with E-state index in [2.05, 4.69) is 0 Å². The quantitative estimate of drug-likeness (QED) is 0.138. The largest absolute Gasteiger partial charge is 0.488 e. The Balaban J connectivity index is 1.93. The van der Waals surface area contributed by atoms with Crippen molar-refractivity contribution in [2.45, 2.75) is 52.7 Å². The van der Waals surface area contributed by atoms with E-state index >= 15 is 0 Å². The maximum atomic E-state index is 11.7. The Kier molecular flexibility index (Phi) is 11.6. The Morgan fingerprint density at radius 2 is 0.947 bits per heavy atom. The van der Waals surface area contributed by atoms with Crippen LogP contribution >= 0.6 is 0 Å².